The van der Waals surface area contributed by atoms with E-state index in [9.17, 15) is 19.5 Å². The van der Waals surface area contributed by atoms with Crippen LogP contribution in [0.3, 0.4) is 0 Å². The van der Waals surface area contributed by atoms with E-state index in [1.165, 1.54) is 0 Å². The zero-order chi connectivity index (χ0) is 29.2. The van der Waals surface area contributed by atoms with Gasteiger partial charge >= 0.3 is 11.9 Å². The second kappa shape index (κ2) is 11.8. The summed E-state index contributed by atoms with van der Waals surface area (Å²) in [6.45, 7) is 6.74. The Bertz CT molecular complexity index is 1510. The molecule has 0 aliphatic heterocycles. The van der Waals surface area contributed by atoms with Crippen LogP contribution in [0.4, 0.5) is 0 Å². The molecule has 3 aromatic rings. The van der Waals surface area contributed by atoms with Crippen molar-refractivity contribution in [3.63, 3.8) is 0 Å². The average Bonchev–Trinajstić information content (AvgIpc) is 3.32. The van der Waals surface area contributed by atoms with Gasteiger partial charge in [-0.1, -0.05) is 47.2 Å². The van der Waals surface area contributed by atoms with Gasteiger partial charge in [-0.25, -0.2) is 0 Å². The standard InChI is InChI=1S/C32H28Cl2O6/c1-18(2)39-30(37)32(31(38)40-19(3)4)15-25-24(14-7-20-5-10-22(33)11-6-20)28(21-8-12-23(34)13-9-21)27(17-35)29(36)26(25)16-32/h5-6,8-13,17-19,36H,15-16H2,1-4H3. The number of phenols is 1. The first kappa shape index (κ1) is 29.2. The van der Waals surface area contributed by atoms with Crippen molar-refractivity contribution in [1.82, 2.24) is 0 Å². The van der Waals surface area contributed by atoms with Gasteiger partial charge in [-0.2, -0.15) is 0 Å². The minimum atomic E-state index is -1.76. The summed E-state index contributed by atoms with van der Waals surface area (Å²) in [5, 5.41) is 12.4. The van der Waals surface area contributed by atoms with E-state index in [2.05, 4.69) is 11.8 Å². The van der Waals surface area contributed by atoms with Gasteiger partial charge in [0.25, 0.3) is 0 Å². The summed E-state index contributed by atoms with van der Waals surface area (Å²) < 4.78 is 11.0. The lowest BCUT2D eigenvalue weighted by Gasteiger charge is -2.26. The summed E-state index contributed by atoms with van der Waals surface area (Å²) >= 11 is 12.2. The lowest BCUT2D eigenvalue weighted by Crippen LogP contribution is -2.44. The molecule has 0 amide bonds. The van der Waals surface area contributed by atoms with E-state index in [4.69, 9.17) is 32.7 Å². The van der Waals surface area contributed by atoms with Crippen LogP contribution in [0.2, 0.25) is 10.0 Å². The maximum atomic E-state index is 13.5. The lowest BCUT2D eigenvalue weighted by molar-refractivity contribution is -0.176. The van der Waals surface area contributed by atoms with Crippen LogP contribution in [0.15, 0.2) is 48.5 Å². The van der Waals surface area contributed by atoms with E-state index < -0.39 is 29.6 Å². The van der Waals surface area contributed by atoms with E-state index in [0.717, 1.165) is 0 Å². The Hall–Kier alpha value is -3.79. The second-order valence-electron chi connectivity index (χ2n) is 10.2. The molecule has 0 unspecified atom stereocenters. The van der Waals surface area contributed by atoms with Crippen LogP contribution in [-0.2, 0) is 31.9 Å². The molecule has 0 spiro atoms. The number of benzene rings is 3. The van der Waals surface area contributed by atoms with E-state index in [-0.39, 0.29) is 29.7 Å². The molecule has 1 aliphatic carbocycles. The molecule has 206 valence electrons. The van der Waals surface area contributed by atoms with Gasteiger partial charge in [-0.3, -0.25) is 14.4 Å². The monoisotopic (exact) mass is 578 g/mol. The Balaban J connectivity index is 2.01. The molecule has 4 rings (SSSR count). The maximum absolute atomic E-state index is 13.5. The molecule has 6 nitrogen and oxygen atoms in total. The lowest BCUT2D eigenvalue weighted by atomic mass is 9.84. The molecule has 3 aromatic carbocycles. The van der Waals surface area contributed by atoms with Gasteiger partial charge in [-0.15, -0.1) is 0 Å². The number of ether oxygens (including phenoxy) is 2. The first-order valence-corrected chi connectivity index (χ1v) is 13.5. The maximum Gasteiger partial charge on any atom is 0.324 e. The van der Waals surface area contributed by atoms with E-state index in [0.29, 0.717) is 44.1 Å². The van der Waals surface area contributed by atoms with Crippen LogP contribution < -0.4 is 0 Å². The van der Waals surface area contributed by atoms with Crippen LogP contribution in [0.25, 0.3) is 11.1 Å². The minimum absolute atomic E-state index is 0.00766. The number of fused-ring (bicyclic) bond motifs is 1. The highest BCUT2D eigenvalue weighted by Crippen LogP contribution is 2.49. The van der Waals surface area contributed by atoms with Gasteiger partial charge in [-0.05, 0) is 75.2 Å². The van der Waals surface area contributed by atoms with Crippen molar-refractivity contribution < 1.29 is 29.0 Å². The summed E-state index contributed by atoms with van der Waals surface area (Å²) in [5.74, 6) is 4.42. The third-order valence-corrected chi connectivity index (χ3v) is 7.08. The predicted octanol–water partition coefficient (Wildman–Crippen LogP) is 6.57. The fourth-order valence-corrected chi connectivity index (χ4v) is 5.03. The topological polar surface area (TPSA) is 89.9 Å². The molecule has 0 saturated carbocycles. The highest BCUT2D eigenvalue weighted by atomic mass is 35.5. The van der Waals surface area contributed by atoms with E-state index in [1.807, 2.05) is 0 Å². The summed E-state index contributed by atoms with van der Waals surface area (Å²) in [4.78, 5) is 39.5. The fourth-order valence-electron chi connectivity index (χ4n) is 4.77. The number of hydrogen-bond acceptors (Lipinski definition) is 6. The summed E-state index contributed by atoms with van der Waals surface area (Å²) in [6, 6.07) is 13.7. The molecule has 0 aromatic heterocycles. The number of carbonyl (C=O) groups is 3. The zero-order valence-electron chi connectivity index (χ0n) is 22.5. The van der Waals surface area contributed by atoms with Gasteiger partial charge < -0.3 is 14.6 Å². The van der Waals surface area contributed by atoms with Gasteiger partial charge in [0.05, 0.1) is 17.8 Å². The molecule has 0 saturated heterocycles. The quantitative estimate of drug-likeness (QED) is 0.154. The number of aromatic hydroxyl groups is 1. The molecule has 0 atom stereocenters. The van der Waals surface area contributed by atoms with Crippen molar-refractivity contribution in [1.29, 1.82) is 0 Å². The van der Waals surface area contributed by atoms with Crippen LogP contribution in [-0.4, -0.2) is 35.5 Å². The van der Waals surface area contributed by atoms with Gasteiger partial charge in [0.2, 0.25) is 0 Å². The van der Waals surface area contributed by atoms with Crippen LogP contribution >= 0.6 is 23.2 Å². The van der Waals surface area contributed by atoms with Crippen molar-refractivity contribution in [3.05, 3.63) is 86.4 Å². The van der Waals surface area contributed by atoms with Crippen molar-refractivity contribution in [2.24, 2.45) is 5.41 Å². The fraction of sp³-hybridized carbons (Fsp3) is 0.281. The zero-order valence-corrected chi connectivity index (χ0v) is 24.0. The molecule has 0 heterocycles. The Morgan fingerprint density at radius 2 is 1.35 bits per heavy atom. The minimum Gasteiger partial charge on any atom is -0.507 e. The average molecular weight is 579 g/mol. The number of esters is 2. The molecular weight excluding hydrogens is 551 g/mol. The summed E-state index contributed by atoms with van der Waals surface area (Å²) in [5.41, 5.74) is 0.993. The van der Waals surface area contributed by atoms with E-state index >= 15 is 0 Å². The van der Waals surface area contributed by atoms with Gasteiger partial charge in [0.15, 0.2) is 11.7 Å². The smallest absolute Gasteiger partial charge is 0.324 e. The van der Waals surface area contributed by atoms with Crippen molar-refractivity contribution in [2.45, 2.75) is 52.7 Å². The summed E-state index contributed by atoms with van der Waals surface area (Å²) in [7, 11) is 0. The Kier molecular flexibility index (Phi) is 8.58. The first-order valence-electron chi connectivity index (χ1n) is 12.8. The summed E-state index contributed by atoms with van der Waals surface area (Å²) in [6.07, 6.45) is -0.771. The highest BCUT2D eigenvalue weighted by molar-refractivity contribution is 6.30. The molecule has 8 heteroatoms. The molecule has 40 heavy (non-hydrogen) atoms. The van der Waals surface area contributed by atoms with E-state index in [1.54, 1.807) is 76.2 Å². The van der Waals surface area contributed by atoms with Crippen LogP contribution in [0.1, 0.15) is 60.3 Å². The number of hydrogen-bond donors (Lipinski definition) is 1. The number of aldehydes is 1. The number of rotatable bonds is 6. The Morgan fingerprint density at radius 3 is 1.85 bits per heavy atom. The molecular formula is C32H28Cl2O6. The van der Waals surface area contributed by atoms with Crippen LogP contribution in [0.5, 0.6) is 5.75 Å². The van der Waals surface area contributed by atoms with Crippen molar-refractivity contribution in [3.8, 4) is 28.7 Å². The number of carbonyl (C=O) groups excluding carboxylic acids is 3. The van der Waals surface area contributed by atoms with Crippen molar-refractivity contribution >= 4 is 41.4 Å². The predicted molar refractivity (Wildman–Crippen MR) is 154 cm³/mol. The molecule has 1 N–H and O–H groups in total. The highest BCUT2D eigenvalue weighted by Gasteiger charge is 2.55. The van der Waals surface area contributed by atoms with Crippen molar-refractivity contribution in [2.75, 3.05) is 0 Å². The molecule has 0 bridgehead atoms. The second-order valence-corrected chi connectivity index (χ2v) is 11.1. The number of phenolic OH excluding ortho intramolecular Hbond substituents is 1. The van der Waals surface area contributed by atoms with Gasteiger partial charge in [0, 0.05) is 45.1 Å². The first-order chi connectivity index (χ1) is 19.0. The van der Waals surface area contributed by atoms with Crippen LogP contribution in [0, 0.1) is 17.3 Å². The molecule has 0 fully saturated rings. The Labute approximate surface area is 243 Å². The Morgan fingerprint density at radius 1 is 0.850 bits per heavy atom. The molecule has 1 aliphatic rings. The molecule has 0 radical (unpaired) electrons. The largest absolute Gasteiger partial charge is 0.507 e. The normalized spacial score (nSPS) is 13.4. The third-order valence-electron chi connectivity index (χ3n) is 6.58. The third kappa shape index (κ3) is 5.72. The SMILES string of the molecule is CC(C)OC(=O)C1(C(=O)OC(C)C)Cc2c(O)c(C=O)c(-c3ccc(Cl)cc3)c(C#Cc3ccc(Cl)cc3)c2C1. The van der Waals surface area contributed by atoms with Gasteiger partial charge in [0.1, 0.15) is 5.75 Å². The number of halogens is 2.